The van der Waals surface area contributed by atoms with Crippen molar-refractivity contribution >= 4 is 29.6 Å². The van der Waals surface area contributed by atoms with Crippen LogP contribution in [0.2, 0.25) is 0 Å². The molecule has 10 N–H and O–H groups in total. The summed E-state index contributed by atoms with van der Waals surface area (Å²) in [5.41, 5.74) is 23.0. The first kappa shape index (κ1) is 31.8. The van der Waals surface area contributed by atoms with E-state index >= 15 is 0 Å². The molecule has 4 amide bonds. The lowest BCUT2D eigenvalue weighted by molar-refractivity contribution is -0.141. The fraction of sp³-hybridized carbons (Fsp3) is 0.393. The highest BCUT2D eigenvalue weighted by Crippen LogP contribution is 2.16. The molecule has 2 aromatic rings. The lowest BCUT2D eigenvalue weighted by Gasteiger charge is -2.32. The number of amides is 4. The van der Waals surface area contributed by atoms with Crippen LogP contribution >= 0.6 is 0 Å². The molecule has 0 heterocycles. The lowest BCUT2D eigenvalue weighted by atomic mass is 10.0. The summed E-state index contributed by atoms with van der Waals surface area (Å²) in [7, 11) is 1.49. The second-order valence-corrected chi connectivity index (χ2v) is 9.34. The predicted octanol–water partition coefficient (Wildman–Crippen LogP) is 0.137. The molecule has 2 rings (SSSR count). The van der Waals surface area contributed by atoms with Gasteiger partial charge in [-0.3, -0.25) is 24.2 Å². The quantitative estimate of drug-likeness (QED) is 0.0961. The molecule has 0 unspecified atom stereocenters. The van der Waals surface area contributed by atoms with Crippen LogP contribution in [0, 0.1) is 0 Å². The number of nitrogens with zero attached hydrogens (tertiary/aromatic N) is 2. The standard InChI is InChI=1S/C28H40N8O4/c1-36(22(16-8-9-17-29)26(39)35-23(24(30)37)19-11-4-2-5-12-19)27(40)21(15-10-18-33-28(31)32)34-25(38)20-13-6-3-7-14-20/h2-7,11-14,21-23H,8-10,15-18,29H2,1H3,(H2,30,37)(H,34,38)(H,35,39)(H4,31,32,33)/t21-,22-,23+/m0/s1. The molecular weight excluding hydrogens is 512 g/mol. The van der Waals surface area contributed by atoms with Crippen LogP contribution in [-0.2, 0) is 14.4 Å². The van der Waals surface area contributed by atoms with Gasteiger partial charge < -0.3 is 38.5 Å². The number of aliphatic imine (C=N–C) groups is 1. The molecule has 0 aliphatic heterocycles. The third-order valence-electron chi connectivity index (χ3n) is 6.34. The molecule has 216 valence electrons. The molecular formula is C28H40N8O4. The average molecular weight is 553 g/mol. The highest BCUT2D eigenvalue weighted by Gasteiger charge is 2.33. The molecule has 12 heteroatoms. The van der Waals surface area contributed by atoms with E-state index in [0.717, 1.165) is 0 Å². The van der Waals surface area contributed by atoms with Gasteiger partial charge in [-0.15, -0.1) is 0 Å². The number of benzene rings is 2. The largest absolute Gasteiger partial charge is 0.370 e. The second kappa shape index (κ2) is 16.5. The summed E-state index contributed by atoms with van der Waals surface area (Å²) in [5.74, 6) is -2.27. The van der Waals surface area contributed by atoms with E-state index in [2.05, 4.69) is 15.6 Å². The summed E-state index contributed by atoms with van der Waals surface area (Å²) in [4.78, 5) is 57.6. The number of rotatable bonds is 16. The summed E-state index contributed by atoms with van der Waals surface area (Å²) in [6, 6.07) is 14.1. The van der Waals surface area contributed by atoms with Gasteiger partial charge in [-0.1, -0.05) is 48.5 Å². The van der Waals surface area contributed by atoms with Crippen molar-refractivity contribution < 1.29 is 19.2 Å². The average Bonchev–Trinajstić information content (AvgIpc) is 2.95. The Labute approximate surface area is 234 Å². The van der Waals surface area contributed by atoms with E-state index in [-0.39, 0.29) is 18.9 Å². The minimum Gasteiger partial charge on any atom is -0.370 e. The maximum atomic E-state index is 13.7. The van der Waals surface area contributed by atoms with Crippen molar-refractivity contribution in [3.63, 3.8) is 0 Å². The smallest absolute Gasteiger partial charge is 0.251 e. The summed E-state index contributed by atoms with van der Waals surface area (Å²) in [5, 5.41) is 5.48. The van der Waals surface area contributed by atoms with Crippen molar-refractivity contribution in [3.05, 3.63) is 71.8 Å². The van der Waals surface area contributed by atoms with E-state index in [4.69, 9.17) is 22.9 Å². The van der Waals surface area contributed by atoms with Crippen LogP contribution in [0.1, 0.15) is 54.1 Å². The Morgan fingerprint density at radius 3 is 2.05 bits per heavy atom. The first-order chi connectivity index (χ1) is 19.1. The summed E-state index contributed by atoms with van der Waals surface area (Å²) in [6.07, 6.45) is 2.11. The zero-order valence-electron chi connectivity index (χ0n) is 22.8. The molecule has 0 fully saturated rings. The van der Waals surface area contributed by atoms with E-state index in [1.807, 2.05) is 0 Å². The number of likely N-dealkylation sites (N-methyl/N-ethyl adjacent to an activating group) is 1. The molecule has 2 aromatic carbocycles. The van der Waals surface area contributed by atoms with Crippen LogP contribution in [0.3, 0.4) is 0 Å². The Hall–Kier alpha value is -4.45. The normalized spacial score (nSPS) is 12.8. The number of nitrogens with two attached hydrogens (primary N) is 4. The van der Waals surface area contributed by atoms with E-state index in [0.29, 0.717) is 43.4 Å². The maximum absolute atomic E-state index is 13.7. The van der Waals surface area contributed by atoms with E-state index in [9.17, 15) is 19.2 Å². The van der Waals surface area contributed by atoms with E-state index < -0.39 is 41.8 Å². The molecule has 0 aliphatic carbocycles. The van der Waals surface area contributed by atoms with Crippen LogP contribution in [-0.4, -0.2) is 66.7 Å². The number of hydrogen-bond acceptors (Lipinski definition) is 6. The first-order valence-corrected chi connectivity index (χ1v) is 13.2. The number of hydrogen-bond donors (Lipinski definition) is 6. The molecule has 12 nitrogen and oxygen atoms in total. The monoisotopic (exact) mass is 552 g/mol. The summed E-state index contributed by atoms with van der Waals surface area (Å²) in [6.45, 7) is 0.676. The van der Waals surface area contributed by atoms with Gasteiger partial charge in [0, 0.05) is 19.2 Å². The Balaban J connectivity index is 2.28. The molecule has 0 saturated carbocycles. The second-order valence-electron chi connectivity index (χ2n) is 9.34. The molecule has 0 bridgehead atoms. The molecule has 3 atom stereocenters. The highest BCUT2D eigenvalue weighted by molar-refractivity contribution is 5.98. The first-order valence-electron chi connectivity index (χ1n) is 13.2. The van der Waals surface area contributed by atoms with Crippen LogP contribution in [0.4, 0.5) is 0 Å². The van der Waals surface area contributed by atoms with Gasteiger partial charge >= 0.3 is 0 Å². The van der Waals surface area contributed by atoms with Gasteiger partial charge in [0.15, 0.2) is 5.96 Å². The third kappa shape index (κ3) is 10.0. The number of unbranched alkanes of at least 4 members (excludes halogenated alkanes) is 1. The van der Waals surface area contributed by atoms with Crippen molar-refractivity contribution in [1.29, 1.82) is 0 Å². The molecule has 0 aromatic heterocycles. The van der Waals surface area contributed by atoms with Crippen molar-refractivity contribution in [1.82, 2.24) is 15.5 Å². The van der Waals surface area contributed by atoms with Crippen molar-refractivity contribution in [2.75, 3.05) is 20.1 Å². The number of guanidine groups is 1. The Kier molecular flexibility index (Phi) is 13.1. The van der Waals surface area contributed by atoms with Crippen molar-refractivity contribution in [2.24, 2.45) is 27.9 Å². The SMILES string of the molecule is CN(C(=O)[C@H](CCCN=C(N)N)NC(=O)c1ccccc1)[C@@H](CCCCN)C(=O)N[C@@H](C(N)=O)c1ccccc1. The van der Waals surface area contributed by atoms with Gasteiger partial charge in [0.25, 0.3) is 5.91 Å². The van der Waals surface area contributed by atoms with E-state index in [1.165, 1.54) is 11.9 Å². The minimum absolute atomic E-state index is 0.0765. The molecule has 0 spiro atoms. The predicted molar refractivity (Wildman–Crippen MR) is 154 cm³/mol. The van der Waals surface area contributed by atoms with Gasteiger partial charge in [-0.25, -0.2) is 0 Å². The third-order valence-corrected chi connectivity index (χ3v) is 6.34. The van der Waals surface area contributed by atoms with Crippen LogP contribution in [0.5, 0.6) is 0 Å². The zero-order chi connectivity index (χ0) is 29.5. The zero-order valence-corrected chi connectivity index (χ0v) is 22.8. The van der Waals surface area contributed by atoms with Gasteiger partial charge in [0.05, 0.1) is 0 Å². The highest BCUT2D eigenvalue weighted by atomic mass is 16.2. The summed E-state index contributed by atoms with van der Waals surface area (Å²) >= 11 is 0. The van der Waals surface area contributed by atoms with Crippen LogP contribution in [0.15, 0.2) is 65.7 Å². The minimum atomic E-state index is -1.08. The molecule has 40 heavy (non-hydrogen) atoms. The number of carbonyl (C=O) groups is 4. The van der Waals surface area contributed by atoms with E-state index in [1.54, 1.807) is 60.7 Å². The fourth-order valence-electron chi connectivity index (χ4n) is 4.18. The Morgan fingerprint density at radius 2 is 1.48 bits per heavy atom. The fourth-order valence-corrected chi connectivity index (χ4v) is 4.18. The number of primary amides is 1. The van der Waals surface area contributed by atoms with Crippen molar-refractivity contribution in [3.8, 4) is 0 Å². The van der Waals surface area contributed by atoms with Gasteiger partial charge in [-0.2, -0.15) is 0 Å². The molecule has 0 aliphatic rings. The van der Waals surface area contributed by atoms with Crippen LogP contribution < -0.4 is 33.6 Å². The van der Waals surface area contributed by atoms with Crippen LogP contribution in [0.25, 0.3) is 0 Å². The molecule has 0 saturated heterocycles. The van der Waals surface area contributed by atoms with Crippen molar-refractivity contribution in [2.45, 2.75) is 50.2 Å². The topological polar surface area (TPSA) is 212 Å². The summed E-state index contributed by atoms with van der Waals surface area (Å²) < 4.78 is 0. The maximum Gasteiger partial charge on any atom is 0.251 e. The van der Waals surface area contributed by atoms with Gasteiger partial charge in [0.1, 0.15) is 18.1 Å². The Morgan fingerprint density at radius 1 is 0.850 bits per heavy atom. The molecule has 0 radical (unpaired) electrons. The Bertz CT molecular complexity index is 1140. The van der Waals surface area contributed by atoms with Gasteiger partial charge in [-0.05, 0) is 56.3 Å². The number of carbonyl (C=O) groups excluding carboxylic acids is 4. The number of nitrogens with one attached hydrogen (secondary N) is 2. The van der Waals surface area contributed by atoms with Gasteiger partial charge in [0.2, 0.25) is 17.7 Å². The lowest BCUT2D eigenvalue weighted by Crippen LogP contribution is -2.55.